The van der Waals surface area contributed by atoms with Gasteiger partial charge in [-0.3, -0.25) is 14.4 Å². The number of hydrogen-bond donors (Lipinski definition) is 4. The molecule has 2 heterocycles. The molecular weight excluding hydrogens is 514 g/mol. The zero-order valence-electron chi connectivity index (χ0n) is 22.2. The number of nitrogen functional groups attached to an aromatic ring is 1. The van der Waals surface area contributed by atoms with Crippen LogP contribution < -0.4 is 27.3 Å². The molecule has 5 rings (SSSR count). The first-order chi connectivity index (χ1) is 18.5. The second-order valence-electron chi connectivity index (χ2n) is 10.5. The van der Waals surface area contributed by atoms with E-state index < -0.39 is 17.4 Å². The van der Waals surface area contributed by atoms with E-state index >= 15 is 0 Å². The number of carbonyl (C=O) groups is 3. The van der Waals surface area contributed by atoms with Crippen LogP contribution in [0.1, 0.15) is 58.2 Å². The van der Waals surface area contributed by atoms with Crippen LogP contribution in [-0.4, -0.2) is 47.7 Å². The highest BCUT2D eigenvalue weighted by atomic mass is 32.1. The Labute approximate surface area is 231 Å². The third-order valence-electron chi connectivity index (χ3n) is 7.52. The van der Waals surface area contributed by atoms with Crippen molar-refractivity contribution >= 4 is 44.7 Å². The summed E-state index contributed by atoms with van der Waals surface area (Å²) >= 11 is 1.21. The molecule has 0 saturated carbocycles. The first-order valence-electron chi connectivity index (χ1n) is 12.9. The van der Waals surface area contributed by atoms with Crippen molar-refractivity contribution in [2.45, 2.75) is 50.9 Å². The Balaban J connectivity index is 1.59. The fourth-order valence-electron chi connectivity index (χ4n) is 5.71. The molecule has 1 aliphatic carbocycles. The molecule has 2 aliphatic rings. The van der Waals surface area contributed by atoms with Crippen LogP contribution in [0.15, 0.2) is 43.0 Å². The van der Waals surface area contributed by atoms with Crippen molar-refractivity contribution in [1.82, 2.24) is 10.2 Å². The number of nitrogens with zero attached hydrogens (tertiary/aromatic N) is 1. The highest BCUT2D eigenvalue weighted by Gasteiger charge is 2.49. The Morgan fingerprint density at radius 1 is 1.26 bits per heavy atom. The number of likely N-dealkylation sites (tertiary alicyclic amines) is 1. The summed E-state index contributed by atoms with van der Waals surface area (Å²) in [5.74, 6) is -0.251. The van der Waals surface area contributed by atoms with Gasteiger partial charge >= 0.3 is 0 Å². The average Bonchev–Trinajstić information content (AvgIpc) is 3.52. The van der Waals surface area contributed by atoms with E-state index in [1.807, 2.05) is 26.8 Å². The lowest BCUT2D eigenvalue weighted by molar-refractivity contribution is -0.125. The molecule has 0 bridgehead atoms. The molecule has 0 spiro atoms. The maximum absolute atomic E-state index is 14.0. The van der Waals surface area contributed by atoms with Gasteiger partial charge in [-0.25, -0.2) is 0 Å². The molecule has 3 atom stereocenters. The Bertz CT molecular complexity index is 1530. The normalized spacial score (nSPS) is 22.4. The molecule has 2 aromatic carbocycles. The van der Waals surface area contributed by atoms with Gasteiger partial charge in [-0.1, -0.05) is 18.7 Å². The average molecular weight is 548 g/mol. The molecular formula is C29H33N5O4S. The molecule has 1 aliphatic heterocycles. The lowest BCUT2D eigenvalue weighted by Gasteiger charge is -2.37. The summed E-state index contributed by atoms with van der Waals surface area (Å²) in [4.78, 5) is 41.5. The number of amides is 2. The van der Waals surface area contributed by atoms with Crippen LogP contribution in [0.3, 0.4) is 0 Å². The molecule has 3 unspecified atom stereocenters. The van der Waals surface area contributed by atoms with Gasteiger partial charge in [0.25, 0.3) is 5.91 Å². The third-order valence-corrected chi connectivity index (χ3v) is 8.78. The van der Waals surface area contributed by atoms with Crippen molar-refractivity contribution in [2.24, 2.45) is 11.5 Å². The summed E-state index contributed by atoms with van der Waals surface area (Å²) in [5.41, 5.74) is 21.3. The molecule has 10 heteroatoms. The van der Waals surface area contributed by atoms with E-state index in [-0.39, 0.29) is 24.0 Å². The highest BCUT2D eigenvalue weighted by Crippen LogP contribution is 2.50. The van der Waals surface area contributed by atoms with Gasteiger partial charge in [0.15, 0.2) is 5.78 Å². The van der Waals surface area contributed by atoms with E-state index in [4.69, 9.17) is 21.9 Å². The summed E-state index contributed by atoms with van der Waals surface area (Å²) in [7, 11) is 0. The molecule has 7 N–H and O–H groups in total. The van der Waals surface area contributed by atoms with Gasteiger partial charge in [0, 0.05) is 35.8 Å². The number of hydrogen-bond acceptors (Lipinski definition) is 8. The van der Waals surface area contributed by atoms with Crippen molar-refractivity contribution in [2.75, 3.05) is 18.8 Å². The molecule has 204 valence electrons. The zero-order valence-corrected chi connectivity index (χ0v) is 23.1. The molecule has 9 nitrogen and oxygen atoms in total. The summed E-state index contributed by atoms with van der Waals surface area (Å²) in [6, 6.07) is 7.58. The highest BCUT2D eigenvalue weighted by molar-refractivity contribution is 7.21. The lowest BCUT2D eigenvalue weighted by Crippen LogP contribution is -2.53. The number of carbonyl (C=O) groups excluding carboxylic acids is 3. The fourth-order valence-corrected chi connectivity index (χ4v) is 6.91. The third kappa shape index (κ3) is 4.28. The number of ether oxygens (including phenoxy) is 1. The van der Waals surface area contributed by atoms with Crippen LogP contribution in [0.4, 0.5) is 5.69 Å². The topological polar surface area (TPSA) is 154 Å². The fraction of sp³-hybridized carbons (Fsp3) is 0.345. The first kappa shape index (κ1) is 26.9. The number of aryl methyl sites for hydroxylation is 1. The first-order valence-corrected chi connectivity index (χ1v) is 13.7. The van der Waals surface area contributed by atoms with Gasteiger partial charge < -0.3 is 32.2 Å². The lowest BCUT2D eigenvalue weighted by atomic mass is 9.69. The smallest absolute Gasteiger partial charge is 0.262 e. The van der Waals surface area contributed by atoms with E-state index in [0.29, 0.717) is 62.6 Å². The second kappa shape index (κ2) is 9.78. The van der Waals surface area contributed by atoms with Gasteiger partial charge in [0.1, 0.15) is 11.3 Å². The van der Waals surface area contributed by atoms with Crippen molar-refractivity contribution < 1.29 is 19.1 Å². The van der Waals surface area contributed by atoms with Crippen molar-refractivity contribution in [1.29, 1.82) is 0 Å². The minimum Gasteiger partial charge on any atom is -0.491 e. The van der Waals surface area contributed by atoms with Crippen LogP contribution in [0.5, 0.6) is 5.75 Å². The van der Waals surface area contributed by atoms with E-state index in [1.54, 1.807) is 29.2 Å². The predicted molar refractivity (Wildman–Crippen MR) is 153 cm³/mol. The Hall–Kier alpha value is -3.73. The van der Waals surface area contributed by atoms with Crippen LogP contribution in [0.2, 0.25) is 0 Å². The zero-order chi connectivity index (χ0) is 28.2. The van der Waals surface area contributed by atoms with Gasteiger partial charge in [-0.15, -0.1) is 11.3 Å². The van der Waals surface area contributed by atoms with Crippen molar-refractivity contribution in [3.8, 4) is 5.75 Å². The molecule has 1 aromatic heterocycles. The number of thiophene rings is 1. The quantitative estimate of drug-likeness (QED) is 0.273. The second-order valence-corrected chi connectivity index (χ2v) is 11.5. The van der Waals surface area contributed by atoms with Gasteiger partial charge in [-0.2, -0.15) is 0 Å². The number of Topliss-reactive ketones (excluding diaryl/α,β-unsaturated/α-hetero) is 1. The number of rotatable bonds is 6. The van der Waals surface area contributed by atoms with Crippen LogP contribution in [0, 0.1) is 6.92 Å². The summed E-state index contributed by atoms with van der Waals surface area (Å²) < 4.78 is 6.49. The minimum atomic E-state index is -1.54. The summed E-state index contributed by atoms with van der Waals surface area (Å²) in [6.07, 6.45) is 1.88. The maximum atomic E-state index is 14.0. The minimum absolute atomic E-state index is 0.00347. The summed E-state index contributed by atoms with van der Waals surface area (Å²) in [6.45, 7) is 10.2. The Morgan fingerprint density at radius 2 is 1.97 bits per heavy atom. The number of anilines is 1. The van der Waals surface area contributed by atoms with E-state index in [2.05, 4.69) is 11.9 Å². The maximum Gasteiger partial charge on any atom is 0.262 e. The number of nitrogens with one attached hydrogen (secondary N) is 1. The predicted octanol–water partition coefficient (Wildman–Crippen LogP) is 2.88. The van der Waals surface area contributed by atoms with Gasteiger partial charge in [0.05, 0.1) is 21.7 Å². The van der Waals surface area contributed by atoms with Crippen LogP contribution in [-0.2, 0) is 15.1 Å². The van der Waals surface area contributed by atoms with Gasteiger partial charge in [-0.05, 0) is 68.2 Å². The number of ketones is 1. The number of benzene rings is 2. The van der Waals surface area contributed by atoms with E-state index in [9.17, 15) is 14.4 Å². The Kier molecular flexibility index (Phi) is 6.74. The molecule has 1 saturated heterocycles. The van der Waals surface area contributed by atoms with Gasteiger partial charge in [0.2, 0.25) is 5.91 Å². The summed E-state index contributed by atoms with van der Waals surface area (Å²) in [5, 5.41) is 3.66. The largest absolute Gasteiger partial charge is 0.491 e. The van der Waals surface area contributed by atoms with Crippen LogP contribution >= 0.6 is 11.3 Å². The standard InChI is InChI=1S/C29H33N5O4S/c1-5-21(35)34-11-10-16(13-34)33-28(37)26-23-22-19(8-9-20(30)25(22)39-26)29(32,27(36)24(23)31)18-7-6-17(12-15(18)4)38-14(2)3/h5-9,12,14,16,24H,1,10-11,13,30-32H2,2-4H3,(H,33,37). The van der Waals surface area contributed by atoms with Crippen LogP contribution in [0.25, 0.3) is 10.1 Å². The molecule has 1 fully saturated rings. The van der Waals surface area contributed by atoms with E-state index in [1.165, 1.54) is 17.4 Å². The SMILES string of the molecule is C=CC(=O)N1CCC(NC(=O)c2sc3c(N)ccc4c3c2C(N)C(=O)C4(N)c2ccc(OC(C)C)cc2C)C1. The number of nitrogens with two attached hydrogens (primary N) is 3. The van der Waals surface area contributed by atoms with Crippen molar-refractivity contribution in [3.63, 3.8) is 0 Å². The van der Waals surface area contributed by atoms with Crippen molar-refractivity contribution in [3.05, 3.63) is 70.1 Å². The molecule has 2 amide bonds. The monoisotopic (exact) mass is 547 g/mol. The van der Waals surface area contributed by atoms with E-state index in [0.717, 1.165) is 5.56 Å². The molecule has 3 aromatic rings. The molecule has 0 radical (unpaired) electrons. The Morgan fingerprint density at radius 3 is 2.64 bits per heavy atom. The molecule has 39 heavy (non-hydrogen) atoms.